The molecular formula is C23H20FN3O2S. The third-order valence-electron chi connectivity index (χ3n) is 5.20. The van der Waals surface area contributed by atoms with Crippen molar-refractivity contribution in [2.75, 3.05) is 7.05 Å². The molecule has 0 radical (unpaired) electrons. The molecule has 0 spiro atoms. The van der Waals surface area contributed by atoms with Crippen molar-refractivity contribution in [3.8, 4) is 11.1 Å². The van der Waals surface area contributed by atoms with Crippen LogP contribution in [0, 0.1) is 12.7 Å². The van der Waals surface area contributed by atoms with Crippen LogP contribution in [0.4, 0.5) is 4.39 Å². The maximum absolute atomic E-state index is 14.1. The number of aromatic nitrogens is 1. The number of halogens is 1. The van der Waals surface area contributed by atoms with Crippen molar-refractivity contribution >= 4 is 50.1 Å². The lowest BCUT2D eigenvalue weighted by atomic mass is 9.99. The Morgan fingerprint density at radius 2 is 2.07 bits per heavy atom. The van der Waals surface area contributed by atoms with Crippen LogP contribution in [0.1, 0.15) is 11.3 Å². The van der Waals surface area contributed by atoms with E-state index < -0.39 is 5.97 Å². The molecule has 0 saturated carbocycles. The topological polar surface area (TPSA) is 80.6 Å². The zero-order valence-electron chi connectivity index (χ0n) is 16.5. The third-order valence-corrected chi connectivity index (χ3v) is 6.15. The SMILES string of the molecule is CN=CC(=CN)c1ccc2c(-c3c(C)n(CC(=O)O)c4ccc(F)cc34)csc2c1. The molecule has 5 nitrogen and oxygen atoms in total. The average Bonchev–Trinajstić information content (AvgIpc) is 3.24. The second kappa shape index (κ2) is 7.76. The molecule has 0 bridgehead atoms. The van der Waals surface area contributed by atoms with E-state index in [1.54, 1.807) is 35.2 Å². The number of rotatable bonds is 5. The first-order valence-corrected chi connectivity index (χ1v) is 10.2. The lowest BCUT2D eigenvalue weighted by Gasteiger charge is -2.06. The molecule has 0 aliphatic heterocycles. The molecule has 0 fully saturated rings. The van der Waals surface area contributed by atoms with Gasteiger partial charge in [0.1, 0.15) is 12.4 Å². The number of carboxylic acids is 1. The van der Waals surface area contributed by atoms with Crippen LogP contribution in [0.3, 0.4) is 0 Å². The molecule has 0 atom stereocenters. The summed E-state index contributed by atoms with van der Waals surface area (Å²) < 4.78 is 16.9. The van der Waals surface area contributed by atoms with E-state index in [0.717, 1.165) is 38.0 Å². The van der Waals surface area contributed by atoms with E-state index in [1.807, 2.05) is 24.4 Å². The van der Waals surface area contributed by atoms with Gasteiger partial charge in [0.05, 0.1) is 0 Å². The summed E-state index contributed by atoms with van der Waals surface area (Å²) in [5, 5.41) is 13.1. The first kappa shape index (κ1) is 19.8. The molecule has 0 saturated heterocycles. The van der Waals surface area contributed by atoms with E-state index in [1.165, 1.54) is 18.3 Å². The molecule has 3 N–H and O–H groups in total. The number of aliphatic imine (C=N–C) groups is 1. The van der Waals surface area contributed by atoms with Crippen LogP contribution in [0.15, 0.2) is 53.0 Å². The number of hydrogen-bond donors (Lipinski definition) is 2. The Labute approximate surface area is 176 Å². The third kappa shape index (κ3) is 3.27. The number of aliphatic carboxylic acids is 1. The van der Waals surface area contributed by atoms with Gasteiger partial charge in [0, 0.05) is 62.8 Å². The highest BCUT2D eigenvalue weighted by Crippen LogP contribution is 2.41. The number of carbonyl (C=O) groups is 1. The Bertz CT molecular complexity index is 1350. The molecular weight excluding hydrogens is 401 g/mol. The molecule has 2 aromatic heterocycles. The Hall–Kier alpha value is -3.45. The first-order chi connectivity index (χ1) is 14.4. The summed E-state index contributed by atoms with van der Waals surface area (Å²) in [6.45, 7) is 1.70. The molecule has 0 amide bonds. The number of benzene rings is 2. The molecule has 0 aliphatic rings. The highest BCUT2D eigenvalue weighted by Gasteiger charge is 2.20. The predicted molar refractivity (Wildman–Crippen MR) is 122 cm³/mol. The van der Waals surface area contributed by atoms with Crippen LogP contribution >= 0.6 is 11.3 Å². The van der Waals surface area contributed by atoms with Crippen LogP contribution < -0.4 is 5.73 Å². The Morgan fingerprint density at radius 1 is 1.27 bits per heavy atom. The molecule has 30 heavy (non-hydrogen) atoms. The predicted octanol–water partition coefficient (Wildman–Crippen LogP) is 5.06. The van der Waals surface area contributed by atoms with Crippen LogP contribution in [0.5, 0.6) is 0 Å². The summed E-state index contributed by atoms with van der Waals surface area (Å²) in [6.07, 6.45) is 3.23. The highest BCUT2D eigenvalue weighted by molar-refractivity contribution is 7.17. The van der Waals surface area contributed by atoms with Crippen LogP contribution in [0.2, 0.25) is 0 Å². The lowest BCUT2D eigenvalue weighted by molar-refractivity contribution is -0.137. The highest BCUT2D eigenvalue weighted by atomic mass is 32.1. The van der Waals surface area contributed by atoms with Gasteiger partial charge in [-0.25, -0.2) is 4.39 Å². The standard InChI is InChI=1S/C23H20FN3O2S/c1-13-23(18-8-16(24)4-6-20(18)27(13)11-22(28)29)19-12-30-21-7-14(3-5-17(19)21)15(9-25)10-26-2/h3-10,12H,11,25H2,1-2H3,(H,28,29). The molecule has 7 heteroatoms. The number of hydrogen-bond acceptors (Lipinski definition) is 4. The second-order valence-electron chi connectivity index (χ2n) is 6.97. The fourth-order valence-electron chi connectivity index (χ4n) is 3.89. The molecule has 0 unspecified atom stereocenters. The van der Waals surface area contributed by atoms with Gasteiger partial charge in [-0.05, 0) is 42.1 Å². The number of carboxylic acid groups (broad SMARTS) is 1. The molecule has 4 aromatic rings. The van der Waals surface area contributed by atoms with Gasteiger partial charge in [-0.3, -0.25) is 9.79 Å². The van der Waals surface area contributed by atoms with E-state index in [2.05, 4.69) is 11.1 Å². The van der Waals surface area contributed by atoms with Crippen molar-refractivity contribution in [3.05, 3.63) is 65.1 Å². The van der Waals surface area contributed by atoms with Gasteiger partial charge >= 0.3 is 5.97 Å². The maximum atomic E-state index is 14.1. The van der Waals surface area contributed by atoms with Crippen molar-refractivity contribution in [1.82, 2.24) is 4.57 Å². The van der Waals surface area contributed by atoms with Crippen molar-refractivity contribution in [3.63, 3.8) is 0 Å². The first-order valence-electron chi connectivity index (χ1n) is 9.30. The van der Waals surface area contributed by atoms with E-state index in [9.17, 15) is 14.3 Å². The fraction of sp³-hybridized carbons (Fsp3) is 0.130. The van der Waals surface area contributed by atoms with Crippen molar-refractivity contribution in [1.29, 1.82) is 0 Å². The van der Waals surface area contributed by atoms with Crippen LogP contribution in [-0.2, 0) is 11.3 Å². The minimum absolute atomic E-state index is 0.179. The van der Waals surface area contributed by atoms with Crippen LogP contribution in [0.25, 0.3) is 37.7 Å². The normalized spacial score (nSPS) is 12.4. The smallest absolute Gasteiger partial charge is 0.323 e. The second-order valence-corrected chi connectivity index (χ2v) is 7.88. The number of allylic oxidation sites excluding steroid dienone is 1. The molecule has 152 valence electrons. The molecule has 2 aromatic carbocycles. The summed E-state index contributed by atoms with van der Waals surface area (Å²) in [6, 6.07) is 10.5. The minimum atomic E-state index is -0.940. The summed E-state index contributed by atoms with van der Waals surface area (Å²) >= 11 is 1.58. The number of nitrogens with zero attached hydrogens (tertiary/aromatic N) is 2. The monoisotopic (exact) mass is 421 g/mol. The summed E-state index contributed by atoms with van der Waals surface area (Å²) in [7, 11) is 1.69. The van der Waals surface area contributed by atoms with E-state index >= 15 is 0 Å². The van der Waals surface area contributed by atoms with Gasteiger partial charge in [0.2, 0.25) is 0 Å². The Balaban J connectivity index is 1.95. The zero-order valence-corrected chi connectivity index (χ0v) is 17.3. The van der Waals surface area contributed by atoms with Gasteiger partial charge in [-0.15, -0.1) is 11.3 Å². The summed E-state index contributed by atoms with van der Waals surface area (Å²) in [4.78, 5) is 15.4. The van der Waals surface area contributed by atoms with E-state index in [4.69, 9.17) is 5.73 Å². The summed E-state index contributed by atoms with van der Waals surface area (Å²) in [5.74, 6) is -1.29. The molecule has 2 heterocycles. The Kier molecular flexibility index (Phi) is 5.13. The molecule has 0 aliphatic carbocycles. The van der Waals surface area contributed by atoms with Crippen LogP contribution in [-0.4, -0.2) is 28.9 Å². The van der Waals surface area contributed by atoms with Gasteiger partial charge in [0.15, 0.2) is 0 Å². The minimum Gasteiger partial charge on any atom is -0.480 e. The largest absolute Gasteiger partial charge is 0.480 e. The number of thiophene rings is 1. The Morgan fingerprint density at radius 3 is 2.77 bits per heavy atom. The average molecular weight is 421 g/mol. The quantitative estimate of drug-likeness (QED) is 0.442. The fourth-order valence-corrected chi connectivity index (χ4v) is 4.88. The molecule has 4 rings (SSSR count). The lowest BCUT2D eigenvalue weighted by Crippen LogP contribution is -2.09. The zero-order chi connectivity index (χ0) is 21.4. The van der Waals surface area contributed by atoms with Gasteiger partial charge < -0.3 is 15.4 Å². The number of fused-ring (bicyclic) bond motifs is 2. The van der Waals surface area contributed by atoms with E-state index in [-0.39, 0.29) is 12.4 Å². The van der Waals surface area contributed by atoms with Crippen molar-refractivity contribution in [2.24, 2.45) is 10.7 Å². The van der Waals surface area contributed by atoms with Gasteiger partial charge in [-0.1, -0.05) is 12.1 Å². The summed E-state index contributed by atoms with van der Waals surface area (Å²) in [5.41, 5.74) is 10.8. The van der Waals surface area contributed by atoms with Crippen molar-refractivity contribution < 1.29 is 14.3 Å². The number of nitrogens with two attached hydrogens (primary N) is 1. The van der Waals surface area contributed by atoms with Gasteiger partial charge in [-0.2, -0.15) is 0 Å². The van der Waals surface area contributed by atoms with Gasteiger partial charge in [0.25, 0.3) is 0 Å². The maximum Gasteiger partial charge on any atom is 0.323 e. The van der Waals surface area contributed by atoms with E-state index in [0.29, 0.717) is 10.9 Å². The van der Waals surface area contributed by atoms with Crippen molar-refractivity contribution in [2.45, 2.75) is 13.5 Å².